The van der Waals surface area contributed by atoms with Crippen LogP contribution in [0.3, 0.4) is 0 Å². The molecule has 1 rings (SSSR count). The SMILES string of the molecule is C=CCCC1CSC(=O)O1. The van der Waals surface area contributed by atoms with Crippen LogP contribution in [0.1, 0.15) is 12.8 Å². The van der Waals surface area contributed by atoms with E-state index in [0.29, 0.717) is 0 Å². The Balaban J connectivity index is 2.18. The number of cyclic esters (lactones) is 1. The lowest BCUT2D eigenvalue weighted by Gasteiger charge is -2.03. The number of hydrogen-bond acceptors (Lipinski definition) is 3. The van der Waals surface area contributed by atoms with Crippen LogP contribution in [0, 0.1) is 0 Å². The first-order valence-corrected chi connectivity index (χ1v) is 4.26. The van der Waals surface area contributed by atoms with Gasteiger partial charge in [0, 0.05) is 5.75 Å². The Kier molecular flexibility index (Phi) is 2.81. The van der Waals surface area contributed by atoms with Crippen molar-refractivity contribution in [2.24, 2.45) is 0 Å². The number of allylic oxidation sites excluding steroid dienone is 1. The van der Waals surface area contributed by atoms with Gasteiger partial charge in [0.25, 0.3) is 0 Å². The Morgan fingerprint density at radius 3 is 3.20 bits per heavy atom. The van der Waals surface area contributed by atoms with E-state index < -0.39 is 0 Å². The van der Waals surface area contributed by atoms with Crippen LogP contribution in [0.5, 0.6) is 0 Å². The quantitative estimate of drug-likeness (QED) is 0.465. The van der Waals surface area contributed by atoms with Gasteiger partial charge in [-0.1, -0.05) is 6.08 Å². The molecule has 1 aliphatic heterocycles. The highest BCUT2D eigenvalue weighted by Crippen LogP contribution is 2.22. The zero-order valence-corrected chi connectivity index (χ0v) is 6.52. The molecule has 1 saturated heterocycles. The van der Waals surface area contributed by atoms with E-state index in [-0.39, 0.29) is 11.4 Å². The third kappa shape index (κ3) is 2.06. The molecule has 2 nitrogen and oxygen atoms in total. The van der Waals surface area contributed by atoms with Crippen LogP contribution in [0.15, 0.2) is 12.7 Å². The minimum atomic E-state index is -0.130. The standard InChI is InChI=1S/C7H10O2S/c1-2-3-4-6-5-10-7(8)9-6/h2,6H,1,3-5H2. The lowest BCUT2D eigenvalue weighted by molar-refractivity contribution is 0.140. The molecule has 10 heavy (non-hydrogen) atoms. The van der Waals surface area contributed by atoms with E-state index in [1.807, 2.05) is 6.08 Å². The van der Waals surface area contributed by atoms with Crippen LogP contribution in [-0.2, 0) is 4.74 Å². The molecule has 0 radical (unpaired) electrons. The predicted octanol–water partition coefficient (Wildman–Crippen LogP) is 2.20. The Hall–Kier alpha value is -0.440. The molecule has 0 N–H and O–H groups in total. The first-order valence-electron chi connectivity index (χ1n) is 3.27. The average Bonchev–Trinajstić information content (AvgIpc) is 2.31. The van der Waals surface area contributed by atoms with Gasteiger partial charge in [0.1, 0.15) is 6.10 Å². The van der Waals surface area contributed by atoms with Gasteiger partial charge in [-0.15, -0.1) is 6.58 Å². The maximum atomic E-state index is 10.5. The van der Waals surface area contributed by atoms with Crippen LogP contribution in [0.25, 0.3) is 0 Å². The molecule has 0 spiro atoms. The van der Waals surface area contributed by atoms with Crippen molar-refractivity contribution < 1.29 is 9.53 Å². The van der Waals surface area contributed by atoms with E-state index >= 15 is 0 Å². The van der Waals surface area contributed by atoms with Crippen LogP contribution in [0.4, 0.5) is 4.79 Å². The van der Waals surface area contributed by atoms with Crippen molar-refractivity contribution in [3.05, 3.63) is 12.7 Å². The Labute approximate surface area is 64.6 Å². The highest BCUT2D eigenvalue weighted by molar-refractivity contribution is 8.13. The summed E-state index contributed by atoms with van der Waals surface area (Å²) in [5.41, 5.74) is 0. The Morgan fingerprint density at radius 2 is 2.70 bits per heavy atom. The molecule has 0 aromatic heterocycles. The van der Waals surface area contributed by atoms with Crippen molar-refractivity contribution in [1.29, 1.82) is 0 Å². The van der Waals surface area contributed by atoms with Crippen molar-refractivity contribution in [3.63, 3.8) is 0 Å². The third-order valence-electron chi connectivity index (χ3n) is 1.34. The minimum Gasteiger partial charge on any atom is -0.453 e. The van der Waals surface area contributed by atoms with E-state index in [1.165, 1.54) is 11.8 Å². The smallest absolute Gasteiger partial charge is 0.367 e. The third-order valence-corrected chi connectivity index (χ3v) is 2.21. The molecule has 0 aromatic carbocycles. The topological polar surface area (TPSA) is 26.3 Å². The summed E-state index contributed by atoms with van der Waals surface area (Å²) in [6.45, 7) is 3.59. The van der Waals surface area contributed by atoms with Crippen molar-refractivity contribution in [1.82, 2.24) is 0 Å². The van der Waals surface area contributed by atoms with Crippen LogP contribution >= 0.6 is 11.8 Å². The lowest BCUT2D eigenvalue weighted by Crippen LogP contribution is -2.08. The van der Waals surface area contributed by atoms with E-state index in [0.717, 1.165) is 18.6 Å². The van der Waals surface area contributed by atoms with E-state index in [4.69, 9.17) is 4.74 Å². The van der Waals surface area contributed by atoms with Crippen LogP contribution in [0.2, 0.25) is 0 Å². The summed E-state index contributed by atoms with van der Waals surface area (Å²) in [4.78, 5) is 10.5. The number of hydrogen-bond donors (Lipinski definition) is 0. The van der Waals surface area contributed by atoms with Crippen molar-refractivity contribution in [3.8, 4) is 0 Å². The Morgan fingerprint density at radius 1 is 1.90 bits per heavy atom. The summed E-state index contributed by atoms with van der Waals surface area (Å²) in [5, 5.41) is -0.130. The summed E-state index contributed by atoms with van der Waals surface area (Å²) in [6, 6.07) is 0. The summed E-state index contributed by atoms with van der Waals surface area (Å²) in [5.74, 6) is 0.812. The molecule has 0 saturated carbocycles. The van der Waals surface area contributed by atoms with Gasteiger partial charge >= 0.3 is 5.30 Å². The zero-order valence-electron chi connectivity index (χ0n) is 5.71. The average molecular weight is 158 g/mol. The van der Waals surface area contributed by atoms with Gasteiger partial charge in [0.15, 0.2) is 0 Å². The number of carbonyl (C=O) groups is 1. The van der Waals surface area contributed by atoms with Crippen LogP contribution in [-0.4, -0.2) is 17.2 Å². The van der Waals surface area contributed by atoms with Crippen molar-refractivity contribution in [2.45, 2.75) is 18.9 Å². The molecule has 1 fully saturated rings. The second-order valence-electron chi connectivity index (χ2n) is 2.17. The van der Waals surface area contributed by atoms with Gasteiger partial charge in [0.2, 0.25) is 0 Å². The number of carbonyl (C=O) groups excluding carboxylic acids is 1. The second kappa shape index (κ2) is 3.66. The molecule has 0 bridgehead atoms. The predicted molar refractivity (Wildman–Crippen MR) is 42.2 cm³/mol. The molecule has 56 valence electrons. The molecular weight excluding hydrogens is 148 g/mol. The molecule has 0 aromatic rings. The molecule has 0 amide bonds. The Bertz CT molecular complexity index is 145. The fraction of sp³-hybridized carbons (Fsp3) is 0.571. The first kappa shape index (κ1) is 7.66. The zero-order chi connectivity index (χ0) is 7.40. The molecule has 1 atom stereocenters. The summed E-state index contributed by atoms with van der Waals surface area (Å²) < 4.78 is 4.94. The number of ether oxygens (including phenoxy) is 1. The summed E-state index contributed by atoms with van der Waals surface area (Å²) >= 11 is 1.26. The van der Waals surface area contributed by atoms with E-state index in [9.17, 15) is 4.79 Å². The van der Waals surface area contributed by atoms with Gasteiger partial charge in [0.05, 0.1) is 0 Å². The van der Waals surface area contributed by atoms with Gasteiger partial charge in [-0.2, -0.15) is 0 Å². The van der Waals surface area contributed by atoms with Gasteiger partial charge in [-0.3, -0.25) is 0 Å². The van der Waals surface area contributed by atoms with Gasteiger partial charge in [-0.05, 0) is 24.6 Å². The minimum absolute atomic E-state index is 0.130. The normalized spacial score (nSPS) is 24.4. The van der Waals surface area contributed by atoms with E-state index in [1.54, 1.807) is 0 Å². The van der Waals surface area contributed by atoms with Crippen molar-refractivity contribution in [2.75, 3.05) is 5.75 Å². The summed E-state index contributed by atoms with van der Waals surface area (Å²) in [7, 11) is 0. The lowest BCUT2D eigenvalue weighted by atomic mass is 10.2. The fourth-order valence-corrected chi connectivity index (χ4v) is 1.57. The highest BCUT2D eigenvalue weighted by Gasteiger charge is 2.22. The fourth-order valence-electron chi connectivity index (χ4n) is 0.811. The van der Waals surface area contributed by atoms with Gasteiger partial charge < -0.3 is 4.74 Å². The molecule has 1 aliphatic rings. The highest BCUT2D eigenvalue weighted by atomic mass is 32.2. The maximum Gasteiger partial charge on any atom is 0.367 e. The maximum absolute atomic E-state index is 10.5. The number of thioether (sulfide) groups is 1. The van der Waals surface area contributed by atoms with Crippen molar-refractivity contribution >= 4 is 17.1 Å². The monoisotopic (exact) mass is 158 g/mol. The molecular formula is C7H10O2S. The van der Waals surface area contributed by atoms with E-state index in [2.05, 4.69) is 6.58 Å². The molecule has 3 heteroatoms. The van der Waals surface area contributed by atoms with Gasteiger partial charge in [-0.25, -0.2) is 4.79 Å². The van der Waals surface area contributed by atoms with Crippen LogP contribution < -0.4 is 0 Å². The number of rotatable bonds is 3. The molecule has 0 aliphatic carbocycles. The molecule has 1 heterocycles. The second-order valence-corrected chi connectivity index (χ2v) is 3.12. The molecule has 1 unspecified atom stereocenters. The first-order chi connectivity index (χ1) is 4.83. The largest absolute Gasteiger partial charge is 0.453 e. The summed E-state index contributed by atoms with van der Waals surface area (Å²) in [6.07, 6.45) is 3.83.